The first-order chi connectivity index (χ1) is 10.5. The molecule has 22 heavy (non-hydrogen) atoms. The molecule has 1 atom stereocenters. The van der Waals surface area contributed by atoms with Crippen LogP contribution in [0.15, 0.2) is 23.1 Å². The molecule has 1 fully saturated rings. The van der Waals surface area contributed by atoms with Crippen molar-refractivity contribution < 1.29 is 4.79 Å². The van der Waals surface area contributed by atoms with Gasteiger partial charge in [-0.15, -0.1) is 0 Å². The third-order valence-corrected chi connectivity index (χ3v) is 4.14. The standard InChI is InChI=1S/C17H27N3O2/c1-13(2)10-18-17(22)15-5-4-7-20(12-15)11-14-6-8-19(3)16(21)9-14/h6,8-9,13,15H,4-5,7,10-12H2,1-3H3,(H,18,22)/t15-/m0/s1. The molecular formula is C17H27N3O2. The highest BCUT2D eigenvalue weighted by Gasteiger charge is 2.25. The zero-order chi connectivity index (χ0) is 16.1. The van der Waals surface area contributed by atoms with Crippen molar-refractivity contribution in [1.29, 1.82) is 0 Å². The van der Waals surface area contributed by atoms with Gasteiger partial charge in [-0.05, 0) is 36.9 Å². The minimum Gasteiger partial charge on any atom is -0.356 e. The monoisotopic (exact) mass is 305 g/mol. The number of carbonyl (C=O) groups excluding carboxylic acids is 1. The van der Waals surface area contributed by atoms with E-state index < -0.39 is 0 Å². The molecule has 0 aromatic carbocycles. The Morgan fingerprint density at radius 3 is 2.91 bits per heavy atom. The van der Waals surface area contributed by atoms with Crippen LogP contribution in [0.5, 0.6) is 0 Å². The fraction of sp³-hybridized carbons (Fsp3) is 0.647. The fourth-order valence-electron chi connectivity index (χ4n) is 2.81. The van der Waals surface area contributed by atoms with E-state index in [1.165, 1.54) is 0 Å². The maximum absolute atomic E-state index is 12.2. The largest absolute Gasteiger partial charge is 0.356 e. The van der Waals surface area contributed by atoms with Crippen LogP contribution in [0.1, 0.15) is 32.3 Å². The predicted molar refractivity (Wildman–Crippen MR) is 87.5 cm³/mol. The van der Waals surface area contributed by atoms with Crippen molar-refractivity contribution in [3.8, 4) is 0 Å². The Hall–Kier alpha value is -1.62. The van der Waals surface area contributed by atoms with Gasteiger partial charge in [-0.3, -0.25) is 14.5 Å². The van der Waals surface area contributed by atoms with Gasteiger partial charge >= 0.3 is 0 Å². The van der Waals surface area contributed by atoms with E-state index in [4.69, 9.17) is 0 Å². The Labute approximate surface area is 132 Å². The second-order valence-corrected chi connectivity index (χ2v) is 6.70. The summed E-state index contributed by atoms with van der Waals surface area (Å²) < 4.78 is 1.57. The lowest BCUT2D eigenvalue weighted by atomic mass is 9.96. The lowest BCUT2D eigenvalue weighted by molar-refractivity contribution is -0.126. The summed E-state index contributed by atoms with van der Waals surface area (Å²) in [7, 11) is 1.75. The number of hydrogen-bond donors (Lipinski definition) is 1. The SMILES string of the molecule is CC(C)CNC(=O)[C@H]1CCCN(Cc2ccn(C)c(=O)c2)C1. The highest BCUT2D eigenvalue weighted by Crippen LogP contribution is 2.18. The molecule has 1 N–H and O–H groups in total. The third-order valence-electron chi connectivity index (χ3n) is 4.14. The number of amides is 1. The molecule has 0 spiro atoms. The van der Waals surface area contributed by atoms with E-state index in [1.54, 1.807) is 23.9 Å². The van der Waals surface area contributed by atoms with Gasteiger partial charge in [0.15, 0.2) is 0 Å². The summed E-state index contributed by atoms with van der Waals surface area (Å²) in [5.41, 5.74) is 1.03. The van der Waals surface area contributed by atoms with Crippen molar-refractivity contribution in [2.24, 2.45) is 18.9 Å². The number of hydrogen-bond acceptors (Lipinski definition) is 3. The van der Waals surface area contributed by atoms with E-state index in [1.807, 2.05) is 6.07 Å². The van der Waals surface area contributed by atoms with Crippen LogP contribution in [-0.2, 0) is 18.4 Å². The van der Waals surface area contributed by atoms with Crippen LogP contribution in [0, 0.1) is 11.8 Å². The summed E-state index contributed by atoms with van der Waals surface area (Å²) in [6, 6.07) is 3.66. The minimum atomic E-state index is 0.0146. The van der Waals surface area contributed by atoms with E-state index in [2.05, 4.69) is 24.1 Å². The molecule has 0 unspecified atom stereocenters. The number of nitrogens with one attached hydrogen (secondary N) is 1. The molecule has 2 rings (SSSR count). The van der Waals surface area contributed by atoms with Gasteiger partial charge in [-0.2, -0.15) is 0 Å². The van der Waals surface area contributed by atoms with Crippen LogP contribution >= 0.6 is 0 Å². The lowest BCUT2D eigenvalue weighted by Gasteiger charge is -2.32. The second-order valence-electron chi connectivity index (χ2n) is 6.70. The summed E-state index contributed by atoms with van der Waals surface area (Å²) >= 11 is 0. The number of aryl methyl sites for hydroxylation is 1. The average Bonchev–Trinajstić information content (AvgIpc) is 2.49. The summed E-state index contributed by atoms with van der Waals surface area (Å²) in [5, 5.41) is 3.03. The molecule has 1 aromatic rings. The topological polar surface area (TPSA) is 54.3 Å². The minimum absolute atomic E-state index is 0.0146. The first-order valence-corrected chi connectivity index (χ1v) is 8.11. The number of aromatic nitrogens is 1. The Kier molecular flexibility index (Phi) is 5.77. The van der Waals surface area contributed by atoms with Gasteiger partial charge in [0.2, 0.25) is 5.91 Å². The van der Waals surface area contributed by atoms with Gasteiger partial charge in [0.1, 0.15) is 0 Å². The number of rotatable bonds is 5. The van der Waals surface area contributed by atoms with Crippen LogP contribution in [0.3, 0.4) is 0 Å². The molecule has 2 heterocycles. The van der Waals surface area contributed by atoms with E-state index in [0.29, 0.717) is 5.92 Å². The molecule has 5 nitrogen and oxygen atoms in total. The lowest BCUT2D eigenvalue weighted by Crippen LogP contribution is -2.43. The van der Waals surface area contributed by atoms with Crippen molar-refractivity contribution in [3.05, 3.63) is 34.2 Å². The summed E-state index contributed by atoms with van der Waals surface area (Å²) in [6.45, 7) is 7.45. The molecule has 0 saturated carbocycles. The van der Waals surface area contributed by atoms with E-state index in [-0.39, 0.29) is 17.4 Å². The fourth-order valence-corrected chi connectivity index (χ4v) is 2.81. The van der Waals surface area contributed by atoms with Crippen LogP contribution < -0.4 is 10.9 Å². The number of likely N-dealkylation sites (tertiary alicyclic amines) is 1. The summed E-state index contributed by atoms with van der Waals surface area (Å²) in [6.07, 6.45) is 3.79. The molecular weight excluding hydrogens is 278 g/mol. The highest BCUT2D eigenvalue weighted by atomic mass is 16.2. The first-order valence-electron chi connectivity index (χ1n) is 8.11. The quantitative estimate of drug-likeness (QED) is 0.894. The smallest absolute Gasteiger partial charge is 0.250 e. The first kappa shape index (κ1) is 16.7. The molecule has 1 amide bonds. The van der Waals surface area contributed by atoms with Crippen LogP contribution in [0.4, 0.5) is 0 Å². The molecule has 1 aliphatic rings. The summed E-state index contributed by atoms with van der Waals surface area (Å²) in [5.74, 6) is 0.714. The van der Waals surface area contributed by atoms with Gasteiger partial charge in [0.25, 0.3) is 5.56 Å². The van der Waals surface area contributed by atoms with Crippen molar-refractivity contribution in [2.45, 2.75) is 33.2 Å². The number of carbonyl (C=O) groups is 1. The van der Waals surface area contributed by atoms with E-state index in [0.717, 1.165) is 44.6 Å². The van der Waals surface area contributed by atoms with Crippen molar-refractivity contribution in [3.63, 3.8) is 0 Å². The van der Waals surface area contributed by atoms with Crippen LogP contribution in [0.25, 0.3) is 0 Å². The van der Waals surface area contributed by atoms with Gasteiger partial charge < -0.3 is 9.88 Å². The van der Waals surface area contributed by atoms with E-state index in [9.17, 15) is 9.59 Å². The number of nitrogens with zero attached hydrogens (tertiary/aromatic N) is 2. The van der Waals surface area contributed by atoms with Gasteiger partial charge in [0.05, 0.1) is 5.92 Å². The Morgan fingerprint density at radius 2 is 2.23 bits per heavy atom. The zero-order valence-corrected chi connectivity index (χ0v) is 13.8. The van der Waals surface area contributed by atoms with Crippen LogP contribution in [-0.4, -0.2) is 35.0 Å². The Bertz CT molecular complexity index is 565. The molecule has 0 aliphatic carbocycles. The molecule has 5 heteroatoms. The predicted octanol–water partition coefficient (Wildman–Crippen LogP) is 1.37. The highest BCUT2D eigenvalue weighted by molar-refractivity contribution is 5.78. The third kappa shape index (κ3) is 4.70. The van der Waals surface area contributed by atoms with Crippen molar-refractivity contribution >= 4 is 5.91 Å². The zero-order valence-electron chi connectivity index (χ0n) is 13.8. The normalized spacial score (nSPS) is 19.4. The maximum atomic E-state index is 12.2. The Balaban J connectivity index is 1.91. The molecule has 122 valence electrons. The summed E-state index contributed by atoms with van der Waals surface area (Å²) in [4.78, 5) is 26.2. The van der Waals surface area contributed by atoms with Crippen molar-refractivity contribution in [2.75, 3.05) is 19.6 Å². The van der Waals surface area contributed by atoms with Crippen LogP contribution in [0.2, 0.25) is 0 Å². The van der Waals surface area contributed by atoms with Gasteiger partial charge in [-0.25, -0.2) is 0 Å². The van der Waals surface area contributed by atoms with Gasteiger partial charge in [-0.1, -0.05) is 13.8 Å². The maximum Gasteiger partial charge on any atom is 0.250 e. The number of pyridine rings is 1. The van der Waals surface area contributed by atoms with Gasteiger partial charge in [0, 0.05) is 38.9 Å². The molecule has 0 radical (unpaired) electrons. The number of piperidine rings is 1. The average molecular weight is 305 g/mol. The molecule has 1 aliphatic heterocycles. The molecule has 1 aromatic heterocycles. The van der Waals surface area contributed by atoms with E-state index >= 15 is 0 Å². The second kappa shape index (κ2) is 7.58. The molecule has 1 saturated heterocycles. The molecule has 0 bridgehead atoms. The van der Waals surface area contributed by atoms with Crippen molar-refractivity contribution in [1.82, 2.24) is 14.8 Å². The Morgan fingerprint density at radius 1 is 1.45 bits per heavy atom.